The molecule has 2 fully saturated rings. The fourth-order valence-electron chi connectivity index (χ4n) is 1.62. The minimum absolute atomic E-state index is 0.0185. The summed E-state index contributed by atoms with van der Waals surface area (Å²) in [6, 6.07) is -0.366. The van der Waals surface area contributed by atoms with E-state index < -0.39 is 0 Å². The molecule has 0 aromatic heterocycles. The van der Waals surface area contributed by atoms with Gasteiger partial charge in [-0.25, -0.2) is 4.79 Å². The summed E-state index contributed by atoms with van der Waals surface area (Å²) in [5.74, 6) is 0. The van der Waals surface area contributed by atoms with Crippen LogP contribution < -0.4 is 5.73 Å². The first-order chi connectivity index (χ1) is 5.75. The van der Waals surface area contributed by atoms with Crippen LogP contribution in [0.4, 0.5) is 4.79 Å². The van der Waals surface area contributed by atoms with E-state index in [2.05, 4.69) is 0 Å². The third-order valence-corrected chi connectivity index (χ3v) is 2.15. The number of carbonyl (C=O) groups is 1. The Balaban J connectivity index is 2.00. The van der Waals surface area contributed by atoms with Crippen LogP contribution in [0.3, 0.4) is 0 Å². The molecule has 0 spiro atoms. The highest BCUT2D eigenvalue weighted by Crippen LogP contribution is 2.16. The summed E-state index contributed by atoms with van der Waals surface area (Å²) < 4.78 is 10.8. The second-order valence-electron chi connectivity index (χ2n) is 3.16. The molecule has 12 heavy (non-hydrogen) atoms. The molecular weight excluding hydrogens is 160 g/mol. The number of carbonyl (C=O) groups excluding carboxylic acids is 1. The Morgan fingerprint density at radius 2 is 1.92 bits per heavy atom. The van der Waals surface area contributed by atoms with E-state index in [-0.39, 0.29) is 18.2 Å². The lowest BCUT2D eigenvalue weighted by Crippen LogP contribution is -2.56. The Labute approximate surface area is 70.4 Å². The molecule has 0 aromatic carbocycles. The van der Waals surface area contributed by atoms with Gasteiger partial charge in [0.05, 0.1) is 38.5 Å². The highest BCUT2D eigenvalue weighted by atomic mass is 16.6. The Hall–Kier alpha value is -0.810. The first-order valence-corrected chi connectivity index (χ1v) is 4.03. The smallest absolute Gasteiger partial charge is 0.314 e. The normalized spacial score (nSPS) is 34.8. The molecule has 0 radical (unpaired) electrons. The molecule has 2 unspecified atom stereocenters. The Bertz CT molecular complexity index is 185. The number of primary amides is 1. The number of amides is 2. The molecule has 5 nitrogen and oxygen atoms in total. The number of morpholine rings is 1. The van der Waals surface area contributed by atoms with E-state index in [1.807, 2.05) is 0 Å². The highest BCUT2D eigenvalue weighted by Gasteiger charge is 2.33. The zero-order valence-corrected chi connectivity index (χ0v) is 6.73. The van der Waals surface area contributed by atoms with E-state index in [0.717, 1.165) is 0 Å². The number of rotatable bonds is 0. The average Bonchev–Trinajstić information content (AvgIpc) is 2.03. The van der Waals surface area contributed by atoms with E-state index >= 15 is 0 Å². The van der Waals surface area contributed by atoms with Gasteiger partial charge in [0.1, 0.15) is 0 Å². The second kappa shape index (κ2) is 2.91. The van der Waals surface area contributed by atoms with Crippen molar-refractivity contribution in [2.24, 2.45) is 5.73 Å². The van der Waals surface area contributed by atoms with Crippen molar-refractivity contribution in [3.63, 3.8) is 0 Å². The zero-order valence-electron chi connectivity index (χ0n) is 6.73. The van der Waals surface area contributed by atoms with Gasteiger partial charge in [-0.1, -0.05) is 0 Å². The molecule has 68 valence electrons. The van der Waals surface area contributed by atoms with Gasteiger partial charge in [0, 0.05) is 0 Å². The van der Waals surface area contributed by atoms with Crippen LogP contribution in [0, 0.1) is 0 Å². The minimum atomic E-state index is -0.366. The van der Waals surface area contributed by atoms with Gasteiger partial charge < -0.3 is 20.1 Å². The maximum Gasteiger partial charge on any atom is 0.314 e. The summed E-state index contributed by atoms with van der Waals surface area (Å²) in [5, 5.41) is 0. The molecule has 2 rings (SSSR count). The van der Waals surface area contributed by atoms with Gasteiger partial charge in [-0.3, -0.25) is 0 Å². The Kier molecular flexibility index (Phi) is 1.90. The van der Waals surface area contributed by atoms with Crippen LogP contribution in [0.15, 0.2) is 0 Å². The minimum Gasteiger partial charge on any atom is -0.376 e. The van der Waals surface area contributed by atoms with Crippen LogP contribution in [-0.4, -0.2) is 49.4 Å². The largest absolute Gasteiger partial charge is 0.376 e. The maximum absolute atomic E-state index is 10.8. The monoisotopic (exact) mass is 172 g/mol. The lowest BCUT2D eigenvalue weighted by atomic mass is 10.2. The summed E-state index contributed by atoms with van der Waals surface area (Å²) >= 11 is 0. The third kappa shape index (κ3) is 1.37. The summed E-state index contributed by atoms with van der Waals surface area (Å²) in [4.78, 5) is 12.4. The number of urea groups is 1. The van der Waals surface area contributed by atoms with Crippen molar-refractivity contribution in [2.75, 3.05) is 26.3 Å². The molecule has 2 N–H and O–H groups in total. The van der Waals surface area contributed by atoms with Crippen molar-refractivity contribution in [3.05, 3.63) is 0 Å². The highest BCUT2D eigenvalue weighted by molar-refractivity contribution is 5.72. The number of hydrogen-bond donors (Lipinski definition) is 1. The molecule has 2 saturated heterocycles. The van der Waals surface area contributed by atoms with Gasteiger partial charge >= 0.3 is 6.03 Å². The Morgan fingerprint density at radius 1 is 1.33 bits per heavy atom. The molecule has 0 saturated carbocycles. The summed E-state index contributed by atoms with van der Waals surface area (Å²) in [5.41, 5.74) is 5.16. The number of ether oxygens (including phenoxy) is 2. The SMILES string of the molecule is NC(=O)N1CC2COCC(C1)O2. The van der Waals surface area contributed by atoms with E-state index in [9.17, 15) is 4.79 Å². The number of nitrogens with two attached hydrogens (primary N) is 1. The van der Waals surface area contributed by atoms with Crippen LogP contribution >= 0.6 is 0 Å². The molecule has 2 bridgehead atoms. The van der Waals surface area contributed by atoms with Gasteiger partial charge in [0.2, 0.25) is 0 Å². The first-order valence-electron chi connectivity index (χ1n) is 4.03. The molecule has 2 atom stereocenters. The average molecular weight is 172 g/mol. The maximum atomic E-state index is 10.8. The number of nitrogens with zero attached hydrogens (tertiary/aromatic N) is 1. The van der Waals surface area contributed by atoms with Crippen LogP contribution in [0.5, 0.6) is 0 Å². The molecule has 2 amide bonds. The first kappa shape index (κ1) is 7.82. The predicted molar refractivity (Wildman–Crippen MR) is 40.6 cm³/mol. The van der Waals surface area contributed by atoms with Crippen molar-refractivity contribution in [2.45, 2.75) is 12.2 Å². The molecule has 0 aromatic rings. The molecular formula is C7H12N2O3. The van der Waals surface area contributed by atoms with Crippen molar-refractivity contribution in [3.8, 4) is 0 Å². The van der Waals surface area contributed by atoms with Gasteiger partial charge in [0.25, 0.3) is 0 Å². The van der Waals surface area contributed by atoms with Gasteiger partial charge in [-0.05, 0) is 0 Å². The van der Waals surface area contributed by atoms with Gasteiger partial charge in [-0.15, -0.1) is 0 Å². The Morgan fingerprint density at radius 3 is 2.42 bits per heavy atom. The fraction of sp³-hybridized carbons (Fsp3) is 0.857. The van der Waals surface area contributed by atoms with Crippen LogP contribution in [0.1, 0.15) is 0 Å². The number of hydrogen-bond acceptors (Lipinski definition) is 3. The third-order valence-electron chi connectivity index (χ3n) is 2.15. The van der Waals surface area contributed by atoms with E-state index in [0.29, 0.717) is 26.3 Å². The molecule has 2 aliphatic heterocycles. The summed E-state index contributed by atoms with van der Waals surface area (Å²) in [7, 11) is 0. The van der Waals surface area contributed by atoms with E-state index in [4.69, 9.17) is 15.2 Å². The van der Waals surface area contributed by atoms with Crippen molar-refractivity contribution in [1.29, 1.82) is 0 Å². The fourth-order valence-corrected chi connectivity index (χ4v) is 1.62. The summed E-state index contributed by atoms with van der Waals surface area (Å²) in [6.07, 6.45) is 0.0370. The molecule has 5 heteroatoms. The van der Waals surface area contributed by atoms with Crippen molar-refractivity contribution < 1.29 is 14.3 Å². The lowest BCUT2D eigenvalue weighted by Gasteiger charge is -2.40. The zero-order chi connectivity index (χ0) is 8.55. The van der Waals surface area contributed by atoms with Crippen molar-refractivity contribution >= 4 is 6.03 Å². The topological polar surface area (TPSA) is 64.8 Å². The van der Waals surface area contributed by atoms with Crippen LogP contribution in [0.25, 0.3) is 0 Å². The second-order valence-corrected chi connectivity index (χ2v) is 3.16. The lowest BCUT2D eigenvalue weighted by molar-refractivity contribution is -0.171. The molecule has 2 heterocycles. The predicted octanol–water partition coefficient (Wildman–Crippen LogP) is -0.835. The van der Waals surface area contributed by atoms with Crippen LogP contribution in [-0.2, 0) is 9.47 Å². The molecule has 0 aliphatic carbocycles. The van der Waals surface area contributed by atoms with Crippen LogP contribution in [0.2, 0.25) is 0 Å². The van der Waals surface area contributed by atoms with Gasteiger partial charge in [0.15, 0.2) is 0 Å². The number of fused-ring (bicyclic) bond motifs is 2. The van der Waals surface area contributed by atoms with Crippen molar-refractivity contribution in [1.82, 2.24) is 4.90 Å². The summed E-state index contributed by atoms with van der Waals surface area (Å²) in [6.45, 7) is 2.26. The van der Waals surface area contributed by atoms with E-state index in [1.54, 1.807) is 4.90 Å². The standard InChI is InChI=1S/C7H12N2O3/c8-7(10)9-1-5-3-11-4-6(2-9)12-5/h5-6H,1-4H2,(H2,8,10). The molecule has 2 aliphatic rings. The quantitative estimate of drug-likeness (QED) is 0.518. The van der Waals surface area contributed by atoms with Gasteiger partial charge in [-0.2, -0.15) is 0 Å². The van der Waals surface area contributed by atoms with E-state index in [1.165, 1.54) is 0 Å².